The summed E-state index contributed by atoms with van der Waals surface area (Å²) in [4.78, 5) is 25.9. The number of carbonyl (C=O) groups is 1. The van der Waals surface area contributed by atoms with Crippen LogP contribution in [0.5, 0.6) is 0 Å². The summed E-state index contributed by atoms with van der Waals surface area (Å²) < 4.78 is 44.9. The number of anilines is 1. The zero-order chi connectivity index (χ0) is 22.8. The second-order valence-electron chi connectivity index (χ2n) is 7.79. The van der Waals surface area contributed by atoms with Gasteiger partial charge < -0.3 is 25.4 Å². The smallest absolute Gasteiger partial charge is 0.341 e. The summed E-state index contributed by atoms with van der Waals surface area (Å²) in [5.74, 6) is -3.72. The SMILES string of the molecule is CC1(F)Cc2c(n(-c3cc(N)c(F)cc3F)cc(C(=O)O)c2=O)C(Cl)=C1N1CC(O)C1. The number of aromatic nitrogens is 1. The third-order valence-electron chi connectivity index (χ3n) is 5.46. The maximum absolute atomic E-state index is 15.6. The van der Waals surface area contributed by atoms with Crippen LogP contribution >= 0.6 is 11.6 Å². The highest BCUT2D eigenvalue weighted by Gasteiger charge is 2.45. The quantitative estimate of drug-likeness (QED) is 0.613. The molecule has 1 aliphatic carbocycles. The van der Waals surface area contributed by atoms with Gasteiger partial charge in [0.25, 0.3) is 0 Å². The zero-order valence-corrected chi connectivity index (χ0v) is 16.9. The first kappa shape index (κ1) is 21.3. The van der Waals surface area contributed by atoms with Crippen LogP contribution in [-0.2, 0) is 6.42 Å². The number of β-amino-alcohol motifs (C(OH)–C–C–N with tert-alkyl or cyclic N) is 1. The van der Waals surface area contributed by atoms with Crippen molar-refractivity contribution >= 4 is 28.3 Å². The van der Waals surface area contributed by atoms with Crippen LogP contribution in [-0.4, -0.2) is 50.5 Å². The molecule has 0 radical (unpaired) electrons. The third-order valence-corrected chi connectivity index (χ3v) is 5.81. The molecule has 1 atom stereocenters. The lowest BCUT2D eigenvalue weighted by Crippen LogP contribution is -2.55. The molecular formula is C20H17ClF3N3O4. The number of benzene rings is 1. The molecule has 1 aromatic carbocycles. The second kappa shape index (κ2) is 7.03. The molecule has 1 fully saturated rings. The van der Waals surface area contributed by atoms with Crippen LogP contribution in [0.15, 0.2) is 28.8 Å². The molecule has 7 nitrogen and oxygen atoms in total. The molecule has 2 aliphatic rings. The Bertz CT molecular complexity index is 1220. The number of carboxylic acids is 1. The molecular weight excluding hydrogens is 439 g/mol. The first-order chi connectivity index (χ1) is 14.4. The largest absolute Gasteiger partial charge is 0.477 e. The van der Waals surface area contributed by atoms with E-state index in [0.29, 0.717) is 6.07 Å². The number of carboxylic acid groups (broad SMARTS) is 1. The number of rotatable bonds is 3. The van der Waals surface area contributed by atoms with Crippen molar-refractivity contribution < 1.29 is 28.2 Å². The number of nitrogens with two attached hydrogens (primary N) is 1. The number of hydrogen-bond donors (Lipinski definition) is 3. The maximum Gasteiger partial charge on any atom is 0.341 e. The number of fused-ring (bicyclic) bond motifs is 1. The number of hydrogen-bond acceptors (Lipinski definition) is 5. The van der Waals surface area contributed by atoms with Gasteiger partial charge in [0.2, 0.25) is 0 Å². The van der Waals surface area contributed by atoms with E-state index in [1.54, 1.807) is 0 Å². The lowest BCUT2D eigenvalue weighted by atomic mass is 9.84. The predicted molar refractivity (Wildman–Crippen MR) is 107 cm³/mol. The molecule has 0 amide bonds. The van der Waals surface area contributed by atoms with E-state index in [4.69, 9.17) is 17.3 Å². The molecule has 0 bridgehead atoms. The second-order valence-corrected chi connectivity index (χ2v) is 8.17. The summed E-state index contributed by atoms with van der Waals surface area (Å²) in [6.07, 6.45) is -0.357. The number of allylic oxidation sites excluding steroid dienone is 1. The van der Waals surface area contributed by atoms with Gasteiger partial charge in [-0.15, -0.1) is 0 Å². The van der Waals surface area contributed by atoms with E-state index in [9.17, 15) is 28.6 Å². The number of aliphatic hydroxyl groups is 1. The summed E-state index contributed by atoms with van der Waals surface area (Å²) in [6, 6.07) is 1.45. The van der Waals surface area contributed by atoms with Gasteiger partial charge in [-0.1, -0.05) is 11.6 Å². The zero-order valence-electron chi connectivity index (χ0n) is 16.1. The van der Waals surface area contributed by atoms with Gasteiger partial charge in [0, 0.05) is 37.3 Å². The van der Waals surface area contributed by atoms with Crippen molar-refractivity contribution in [3.8, 4) is 5.69 Å². The molecule has 164 valence electrons. The predicted octanol–water partition coefficient (Wildman–Crippen LogP) is 2.26. The van der Waals surface area contributed by atoms with Crippen molar-refractivity contribution in [1.82, 2.24) is 9.47 Å². The first-order valence-electron chi connectivity index (χ1n) is 9.21. The Morgan fingerprint density at radius 2 is 1.94 bits per heavy atom. The normalized spacial score (nSPS) is 21.2. The van der Waals surface area contributed by atoms with Gasteiger partial charge >= 0.3 is 5.97 Å². The van der Waals surface area contributed by atoms with E-state index in [1.807, 2.05) is 0 Å². The van der Waals surface area contributed by atoms with Gasteiger partial charge in [0.1, 0.15) is 17.2 Å². The lowest BCUT2D eigenvalue weighted by Gasteiger charge is -2.45. The van der Waals surface area contributed by atoms with Crippen LogP contribution in [0.25, 0.3) is 10.7 Å². The minimum atomic E-state index is -2.15. The van der Waals surface area contributed by atoms with Crippen LogP contribution in [0, 0.1) is 11.6 Å². The molecule has 1 saturated heterocycles. The molecule has 1 aromatic heterocycles. The number of aliphatic hydroxyl groups excluding tert-OH is 1. The van der Waals surface area contributed by atoms with E-state index in [1.165, 1.54) is 11.8 Å². The van der Waals surface area contributed by atoms with Gasteiger partial charge in [0.05, 0.1) is 33.9 Å². The Morgan fingerprint density at radius 1 is 1.29 bits per heavy atom. The number of aromatic carboxylic acids is 1. The van der Waals surface area contributed by atoms with Crippen molar-refractivity contribution in [3.05, 3.63) is 62.7 Å². The first-order valence-corrected chi connectivity index (χ1v) is 9.59. The van der Waals surface area contributed by atoms with Crippen molar-refractivity contribution in [2.45, 2.75) is 25.1 Å². The van der Waals surface area contributed by atoms with E-state index in [-0.39, 0.29) is 40.8 Å². The minimum Gasteiger partial charge on any atom is -0.477 e. The molecule has 0 spiro atoms. The van der Waals surface area contributed by atoms with Gasteiger partial charge in [-0.3, -0.25) is 4.79 Å². The topological polar surface area (TPSA) is 109 Å². The summed E-state index contributed by atoms with van der Waals surface area (Å²) in [7, 11) is 0. The summed E-state index contributed by atoms with van der Waals surface area (Å²) >= 11 is 6.52. The van der Waals surface area contributed by atoms with Crippen LogP contribution in [0.2, 0.25) is 0 Å². The highest BCUT2D eigenvalue weighted by Crippen LogP contribution is 2.44. The Labute approximate surface area is 178 Å². The molecule has 1 unspecified atom stereocenters. The van der Waals surface area contributed by atoms with E-state index in [0.717, 1.165) is 16.8 Å². The van der Waals surface area contributed by atoms with Crippen molar-refractivity contribution in [2.75, 3.05) is 18.8 Å². The standard InChI is InChI=1S/C20H17ClF3N3O4/c1-20(24)4-9-16(15(21)18(20)26-5-8(28)6-26)27(7-10(17(9)29)19(30)31)14-3-13(25)11(22)2-12(14)23/h2-3,7-8,28H,4-6,25H2,1H3,(H,30,31). The third kappa shape index (κ3) is 3.26. The molecule has 31 heavy (non-hydrogen) atoms. The van der Waals surface area contributed by atoms with Crippen molar-refractivity contribution in [1.29, 1.82) is 0 Å². The van der Waals surface area contributed by atoms with Crippen LogP contribution in [0.1, 0.15) is 28.5 Å². The molecule has 11 heteroatoms. The lowest BCUT2D eigenvalue weighted by molar-refractivity contribution is 0.00465. The number of pyridine rings is 1. The number of halogens is 4. The monoisotopic (exact) mass is 455 g/mol. The molecule has 0 saturated carbocycles. The molecule has 4 rings (SSSR count). The number of likely N-dealkylation sites (tertiary alicyclic amines) is 1. The molecule has 4 N–H and O–H groups in total. The maximum atomic E-state index is 15.6. The highest BCUT2D eigenvalue weighted by atomic mass is 35.5. The van der Waals surface area contributed by atoms with Crippen molar-refractivity contribution in [2.24, 2.45) is 0 Å². The summed E-state index contributed by atoms with van der Waals surface area (Å²) in [6.45, 7) is 1.40. The van der Waals surface area contributed by atoms with E-state index in [2.05, 4.69) is 0 Å². The van der Waals surface area contributed by atoms with Crippen molar-refractivity contribution in [3.63, 3.8) is 0 Å². The Kier molecular flexibility index (Phi) is 4.82. The fraction of sp³-hybridized carbons (Fsp3) is 0.300. The molecule has 2 heterocycles. The van der Waals surface area contributed by atoms with E-state index < -0.39 is 52.5 Å². The Hall–Kier alpha value is -2.98. The van der Waals surface area contributed by atoms with Crippen LogP contribution < -0.4 is 11.2 Å². The average molecular weight is 456 g/mol. The minimum absolute atomic E-state index is 0.0151. The fourth-order valence-corrected chi connectivity index (χ4v) is 4.54. The Morgan fingerprint density at radius 3 is 2.52 bits per heavy atom. The highest BCUT2D eigenvalue weighted by molar-refractivity contribution is 6.49. The number of alkyl halides is 1. The summed E-state index contributed by atoms with van der Waals surface area (Å²) in [5.41, 5.74) is 0.537. The van der Waals surface area contributed by atoms with Gasteiger partial charge in [-0.25, -0.2) is 18.0 Å². The van der Waals surface area contributed by atoms with Gasteiger partial charge in [0.15, 0.2) is 11.1 Å². The van der Waals surface area contributed by atoms with Gasteiger partial charge in [-0.2, -0.15) is 0 Å². The van der Waals surface area contributed by atoms with E-state index >= 15 is 4.39 Å². The fourth-order valence-electron chi connectivity index (χ4n) is 4.01. The average Bonchev–Trinajstić information content (AvgIpc) is 2.63. The van der Waals surface area contributed by atoms with Crippen LogP contribution in [0.3, 0.4) is 0 Å². The van der Waals surface area contributed by atoms with Crippen LogP contribution in [0.4, 0.5) is 18.9 Å². The van der Waals surface area contributed by atoms with Gasteiger partial charge in [-0.05, 0) is 13.0 Å². The summed E-state index contributed by atoms with van der Waals surface area (Å²) in [5, 5.41) is 18.8. The molecule has 1 aliphatic heterocycles. The number of nitrogen functional groups attached to an aromatic ring is 1. The molecule has 2 aromatic rings. The Balaban J connectivity index is 2.08. The number of nitrogens with zero attached hydrogens (tertiary/aromatic N) is 2.